The van der Waals surface area contributed by atoms with Crippen molar-refractivity contribution in [3.05, 3.63) is 24.3 Å². The van der Waals surface area contributed by atoms with E-state index in [1.165, 1.54) is 0 Å². The maximum Gasteiger partial charge on any atom is 0.188 e. The molecule has 6 nitrogen and oxygen atoms in total. The number of nitrogens with one attached hydrogen (secondary N) is 1. The summed E-state index contributed by atoms with van der Waals surface area (Å²) in [7, 11) is 3.39. The molecule has 0 aliphatic carbocycles. The standard InChI is InChI=1S/C17H28N4O2/c1-13(12-22-2)20-17(18)19-10-14-8-9-21(11-14)15-6-4-5-7-16(15)23-3/h4-7,13-14H,8-12H2,1-3H3,(H3,18,19,20). The number of hydrogen-bond acceptors (Lipinski definition) is 4. The number of rotatable bonds is 7. The Morgan fingerprint density at radius 3 is 2.96 bits per heavy atom. The second kappa shape index (κ2) is 8.62. The summed E-state index contributed by atoms with van der Waals surface area (Å²) in [6.45, 7) is 5.37. The van der Waals surface area contributed by atoms with Crippen LogP contribution in [0.1, 0.15) is 13.3 Å². The van der Waals surface area contributed by atoms with Crippen LogP contribution in [0.25, 0.3) is 0 Å². The highest BCUT2D eigenvalue weighted by atomic mass is 16.5. The summed E-state index contributed by atoms with van der Waals surface area (Å²) in [6, 6.07) is 8.31. The van der Waals surface area contributed by atoms with Crippen LogP contribution in [0.3, 0.4) is 0 Å². The minimum Gasteiger partial charge on any atom is -0.495 e. The molecule has 1 aromatic carbocycles. The molecule has 128 valence electrons. The van der Waals surface area contributed by atoms with Gasteiger partial charge in [0, 0.05) is 32.8 Å². The molecular weight excluding hydrogens is 292 g/mol. The van der Waals surface area contributed by atoms with Crippen LogP contribution in [0.5, 0.6) is 5.75 Å². The Labute approximate surface area is 138 Å². The lowest BCUT2D eigenvalue weighted by Gasteiger charge is -2.21. The van der Waals surface area contributed by atoms with Crippen LogP contribution in [-0.4, -0.2) is 52.5 Å². The van der Waals surface area contributed by atoms with Crippen molar-refractivity contribution in [1.82, 2.24) is 5.32 Å². The third kappa shape index (κ3) is 5.03. The summed E-state index contributed by atoms with van der Waals surface area (Å²) in [4.78, 5) is 6.83. The van der Waals surface area contributed by atoms with Gasteiger partial charge in [0.1, 0.15) is 5.75 Å². The number of para-hydroxylation sites is 2. The summed E-state index contributed by atoms with van der Waals surface area (Å²) >= 11 is 0. The van der Waals surface area contributed by atoms with Crippen molar-refractivity contribution in [3.63, 3.8) is 0 Å². The first-order valence-electron chi connectivity index (χ1n) is 8.07. The summed E-state index contributed by atoms with van der Waals surface area (Å²) in [5.41, 5.74) is 7.08. The van der Waals surface area contributed by atoms with E-state index in [0.717, 1.165) is 37.5 Å². The number of anilines is 1. The van der Waals surface area contributed by atoms with E-state index in [4.69, 9.17) is 15.2 Å². The van der Waals surface area contributed by atoms with Gasteiger partial charge in [0.05, 0.1) is 19.4 Å². The van der Waals surface area contributed by atoms with Gasteiger partial charge in [0.15, 0.2) is 5.96 Å². The number of methoxy groups -OCH3 is 2. The Morgan fingerprint density at radius 1 is 1.43 bits per heavy atom. The number of ether oxygens (including phenoxy) is 2. The molecule has 23 heavy (non-hydrogen) atoms. The van der Waals surface area contributed by atoms with Gasteiger partial charge in [0.2, 0.25) is 0 Å². The maximum atomic E-state index is 5.92. The van der Waals surface area contributed by atoms with Crippen molar-refractivity contribution in [2.75, 3.05) is 45.4 Å². The van der Waals surface area contributed by atoms with Crippen LogP contribution in [0.15, 0.2) is 29.3 Å². The zero-order valence-electron chi connectivity index (χ0n) is 14.3. The lowest BCUT2D eigenvalue weighted by molar-refractivity contribution is 0.179. The molecule has 1 saturated heterocycles. The maximum absolute atomic E-state index is 5.92. The minimum atomic E-state index is 0.164. The van der Waals surface area contributed by atoms with E-state index in [9.17, 15) is 0 Å². The second-order valence-corrected chi connectivity index (χ2v) is 6.00. The normalized spacial score (nSPS) is 19.7. The van der Waals surface area contributed by atoms with E-state index >= 15 is 0 Å². The third-order valence-corrected chi connectivity index (χ3v) is 4.04. The molecule has 0 aromatic heterocycles. The van der Waals surface area contributed by atoms with Crippen LogP contribution in [0, 0.1) is 5.92 Å². The van der Waals surface area contributed by atoms with Crippen molar-refractivity contribution in [2.45, 2.75) is 19.4 Å². The first-order valence-corrected chi connectivity index (χ1v) is 8.07. The number of nitrogens with two attached hydrogens (primary N) is 1. The average molecular weight is 320 g/mol. The van der Waals surface area contributed by atoms with Crippen molar-refractivity contribution >= 4 is 11.6 Å². The van der Waals surface area contributed by atoms with Crippen molar-refractivity contribution in [1.29, 1.82) is 0 Å². The number of hydrogen-bond donors (Lipinski definition) is 2. The number of guanidine groups is 1. The van der Waals surface area contributed by atoms with Crippen LogP contribution in [0.4, 0.5) is 5.69 Å². The van der Waals surface area contributed by atoms with Crippen molar-refractivity contribution < 1.29 is 9.47 Å². The van der Waals surface area contributed by atoms with E-state index in [1.54, 1.807) is 14.2 Å². The Balaban J connectivity index is 1.86. The largest absolute Gasteiger partial charge is 0.495 e. The molecule has 1 aliphatic rings. The average Bonchev–Trinajstić information content (AvgIpc) is 3.02. The molecule has 0 radical (unpaired) electrons. The van der Waals surface area contributed by atoms with E-state index in [-0.39, 0.29) is 6.04 Å². The molecule has 1 aliphatic heterocycles. The molecule has 0 bridgehead atoms. The molecule has 1 aromatic rings. The predicted octanol–water partition coefficient (Wildman–Crippen LogP) is 1.46. The number of nitrogens with zero attached hydrogens (tertiary/aromatic N) is 2. The van der Waals surface area contributed by atoms with E-state index in [2.05, 4.69) is 21.3 Å². The molecule has 0 saturated carbocycles. The topological polar surface area (TPSA) is 72.1 Å². The summed E-state index contributed by atoms with van der Waals surface area (Å²) in [5, 5.41) is 3.14. The fourth-order valence-corrected chi connectivity index (χ4v) is 2.91. The van der Waals surface area contributed by atoms with E-state index < -0.39 is 0 Å². The van der Waals surface area contributed by atoms with E-state index in [1.807, 2.05) is 25.1 Å². The quantitative estimate of drug-likeness (QED) is 0.588. The third-order valence-electron chi connectivity index (χ3n) is 4.04. The predicted molar refractivity (Wildman–Crippen MR) is 94.3 cm³/mol. The highest BCUT2D eigenvalue weighted by Gasteiger charge is 2.24. The fourth-order valence-electron chi connectivity index (χ4n) is 2.91. The Bertz CT molecular complexity index is 521. The SMILES string of the molecule is COCC(C)NC(N)=NCC1CCN(c2ccccc2OC)C1. The monoisotopic (exact) mass is 320 g/mol. The van der Waals surface area contributed by atoms with Gasteiger partial charge in [-0.25, -0.2) is 0 Å². The molecule has 1 heterocycles. The van der Waals surface area contributed by atoms with Crippen LogP contribution >= 0.6 is 0 Å². The highest BCUT2D eigenvalue weighted by molar-refractivity contribution is 5.78. The summed E-state index contributed by atoms with van der Waals surface area (Å²) < 4.78 is 10.5. The van der Waals surface area contributed by atoms with Crippen LogP contribution in [-0.2, 0) is 4.74 Å². The van der Waals surface area contributed by atoms with E-state index in [0.29, 0.717) is 18.5 Å². The molecule has 0 spiro atoms. The van der Waals surface area contributed by atoms with Gasteiger partial charge in [-0.1, -0.05) is 12.1 Å². The lowest BCUT2D eigenvalue weighted by atomic mass is 10.1. The van der Waals surface area contributed by atoms with Gasteiger partial charge in [-0.05, 0) is 31.4 Å². The number of aliphatic imine (C=N–C) groups is 1. The summed E-state index contributed by atoms with van der Waals surface area (Å²) in [6.07, 6.45) is 1.11. The summed E-state index contributed by atoms with van der Waals surface area (Å²) in [5.74, 6) is 1.93. The first-order chi connectivity index (χ1) is 11.1. The minimum absolute atomic E-state index is 0.164. The molecule has 2 rings (SSSR count). The fraction of sp³-hybridized carbons (Fsp3) is 0.588. The Kier molecular flexibility index (Phi) is 6.52. The van der Waals surface area contributed by atoms with Crippen LogP contribution < -0.4 is 20.7 Å². The van der Waals surface area contributed by atoms with Gasteiger partial charge in [-0.3, -0.25) is 4.99 Å². The lowest BCUT2D eigenvalue weighted by Crippen LogP contribution is -2.41. The van der Waals surface area contributed by atoms with Gasteiger partial charge in [-0.15, -0.1) is 0 Å². The number of benzene rings is 1. The second-order valence-electron chi connectivity index (χ2n) is 6.00. The van der Waals surface area contributed by atoms with Gasteiger partial charge in [-0.2, -0.15) is 0 Å². The molecule has 1 fully saturated rings. The molecule has 3 N–H and O–H groups in total. The van der Waals surface area contributed by atoms with Crippen LogP contribution in [0.2, 0.25) is 0 Å². The van der Waals surface area contributed by atoms with Crippen molar-refractivity contribution in [3.8, 4) is 5.75 Å². The molecule has 2 atom stereocenters. The molecule has 6 heteroatoms. The molecule has 0 amide bonds. The smallest absolute Gasteiger partial charge is 0.188 e. The Morgan fingerprint density at radius 2 is 2.22 bits per heavy atom. The van der Waals surface area contributed by atoms with Gasteiger partial charge >= 0.3 is 0 Å². The van der Waals surface area contributed by atoms with Crippen molar-refractivity contribution in [2.24, 2.45) is 16.6 Å². The first kappa shape index (κ1) is 17.4. The van der Waals surface area contributed by atoms with Gasteiger partial charge < -0.3 is 25.4 Å². The Hall–Kier alpha value is -1.95. The highest BCUT2D eigenvalue weighted by Crippen LogP contribution is 2.31. The zero-order chi connectivity index (χ0) is 16.7. The van der Waals surface area contributed by atoms with Gasteiger partial charge in [0.25, 0.3) is 0 Å². The molecular formula is C17H28N4O2. The molecule has 2 unspecified atom stereocenters. The zero-order valence-corrected chi connectivity index (χ0v) is 14.3.